The first-order valence-corrected chi connectivity index (χ1v) is 8.85. The summed E-state index contributed by atoms with van der Waals surface area (Å²) in [6.45, 7) is 1.09. The highest BCUT2D eigenvalue weighted by Gasteiger charge is 2.28. The monoisotopic (exact) mass is 325 g/mol. The van der Waals surface area contributed by atoms with E-state index < -0.39 is 6.10 Å². The van der Waals surface area contributed by atoms with Crippen LogP contribution in [-0.4, -0.2) is 32.7 Å². The molecule has 0 bridgehead atoms. The molecule has 1 aromatic heterocycles. The van der Waals surface area contributed by atoms with Gasteiger partial charge in [0.1, 0.15) is 0 Å². The van der Waals surface area contributed by atoms with Gasteiger partial charge in [-0.2, -0.15) is 5.10 Å². The molecule has 1 atom stereocenters. The van der Waals surface area contributed by atoms with Crippen LogP contribution >= 0.6 is 0 Å². The number of amides is 1. The molecule has 1 aliphatic carbocycles. The minimum atomic E-state index is -0.504. The molecule has 1 amide bonds. The molecule has 4 rings (SSSR count). The Morgan fingerprint density at radius 3 is 2.96 bits per heavy atom. The molecule has 5 heteroatoms. The van der Waals surface area contributed by atoms with Gasteiger partial charge in [0.15, 0.2) is 5.69 Å². The normalized spacial score (nSPS) is 20.7. The van der Waals surface area contributed by atoms with Crippen molar-refractivity contribution in [3.05, 3.63) is 52.3 Å². The number of benzene rings is 1. The van der Waals surface area contributed by atoms with Crippen LogP contribution in [0.4, 0.5) is 0 Å². The second kappa shape index (κ2) is 6.40. The molecular formula is C19H23N3O2. The van der Waals surface area contributed by atoms with Crippen LogP contribution in [0.2, 0.25) is 0 Å². The molecule has 2 aliphatic rings. The van der Waals surface area contributed by atoms with Gasteiger partial charge in [0.25, 0.3) is 5.91 Å². The van der Waals surface area contributed by atoms with Crippen LogP contribution in [0.3, 0.4) is 0 Å². The van der Waals surface area contributed by atoms with E-state index >= 15 is 0 Å². The average molecular weight is 325 g/mol. The molecule has 2 heterocycles. The SMILES string of the molecule is O=C(c1n[nH]c2c1CCCCC2)N1CCC(O)c2ccccc2C1. The molecule has 2 aromatic rings. The Morgan fingerprint density at radius 1 is 1.21 bits per heavy atom. The number of nitrogens with one attached hydrogen (secondary N) is 1. The number of fused-ring (bicyclic) bond motifs is 2. The summed E-state index contributed by atoms with van der Waals surface area (Å²) in [6, 6.07) is 7.84. The van der Waals surface area contributed by atoms with E-state index in [0.717, 1.165) is 48.1 Å². The van der Waals surface area contributed by atoms with Gasteiger partial charge in [-0.3, -0.25) is 9.89 Å². The van der Waals surface area contributed by atoms with E-state index in [1.54, 1.807) is 0 Å². The summed E-state index contributed by atoms with van der Waals surface area (Å²) in [5.41, 5.74) is 4.79. The van der Waals surface area contributed by atoms with E-state index in [1.165, 1.54) is 6.42 Å². The van der Waals surface area contributed by atoms with Crippen LogP contribution in [-0.2, 0) is 19.4 Å². The molecule has 0 radical (unpaired) electrons. The first-order chi connectivity index (χ1) is 11.7. The molecule has 1 aromatic carbocycles. The first kappa shape index (κ1) is 15.4. The summed E-state index contributed by atoms with van der Waals surface area (Å²) in [6.07, 6.45) is 5.46. The van der Waals surface area contributed by atoms with Gasteiger partial charge in [-0.05, 0) is 43.2 Å². The lowest BCUT2D eigenvalue weighted by Crippen LogP contribution is -2.31. The van der Waals surface area contributed by atoms with Crippen molar-refractivity contribution in [2.45, 2.75) is 51.2 Å². The third-order valence-electron chi connectivity index (χ3n) is 5.24. The Kier molecular flexibility index (Phi) is 4.10. The number of aryl methyl sites for hydroxylation is 1. The fraction of sp³-hybridized carbons (Fsp3) is 0.474. The summed E-state index contributed by atoms with van der Waals surface area (Å²) in [5.74, 6) is -0.0155. The molecular weight excluding hydrogens is 302 g/mol. The number of carbonyl (C=O) groups is 1. The zero-order chi connectivity index (χ0) is 16.5. The highest BCUT2D eigenvalue weighted by molar-refractivity contribution is 5.94. The van der Waals surface area contributed by atoms with Gasteiger partial charge < -0.3 is 10.0 Å². The predicted octanol–water partition coefficient (Wildman–Crippen LogP) is 2.76. The smallest absolute Gasteiger partial charge is 0.274 e. The maximum atomic E-state index is 13.1. The largest absolute Gasteiger partial charge is 0.388 e. The molecule has 2 N–H and O–H groups in total. The number of aliphatic hydroxyl groups is 1. The van der Waals surface area contributed by atoms with Crippen molar-refractivity contribution in [2.24, 2.45) is 0 Å². The quantitative estimate of drug-likeness (QED) is 0.792. The number of aromatic nitrogens is 2. The third-order valence-corrected chi connectivity index (χ3v) is 5.24. The van der Waals surface area contributed by atoms with E-state index in [9.17, 15) is 9.90 Å². The zero-order valence-electron chi connectivity index (χ0n) is 13.8. The second-order valence-electron chi connectivity index (χ2n) is 6.82. The number of rotatable bonds is 1. The summed E-state index contributed by atoms with van der Waals surface area (Å²) < 4.78 is 0. The Morgan fingerprint density at radius 2 is 2.04 bits per heavy atom. The van der Waals surface area contributed by atoms with Crippen LogP contribution in [0.5, 0.6) is 0 Å². The minimum Gasteiger partial charge on any atom is -0.388 e. The van der Waals surface area contributed by atoms with E-state index in [0.29, 0.717) is 25.2 Å². The Balaban J connectivity index is 1.63. The number of hydrogen-bond donors (Lipinski definition) is 2. The van der Waals surface area contributed by atoms with E-state index in [1.807, 2.05) is 29.2 Å². The highest BCUT2D eigenvalue weighted by Crippen LogP contribution is 2.28. The van der Waals surface area contributed by atoms with Crippen molar-refractivity contribution in [3.63, 3.8) is 0 Å². The molecule has 0 spiro atoms. The highest BCUT2D eigenvalue weighted by atomic mass is 16.3. The minimum absolute atomic E-state index is 0.0155. The predicted molar refractivity (Wildman–Crippen MR) is 90.6 cm³/mol. The second-order valence-corrected chi connectivity index (χ2v) is 6.82. The lowest BCUT2D eigenvalue weighted by Gasteiger charge is -2.20. The van der Waals surface area contributed by atoms with Crippen LogP contribution in [0.15, 0.2) is 24.3 Å². The molecule has 1 aliphatic heterocycles. The lowest BCUT2D eigenvalue weighted by atomic mass is 10.0. The lowest BCUT2D eigenvalue weighted by molar-refractivity contribution is 0.0716. The van der Waals surface area contributed by atoms with E-state index in [4.69, 9.17) is 0 Å². The molecule has 0 fully saturated rings. The van der Waals surface area contributed by atoms with Crippen molar-refractivity contribution >= 4 is 5.91 Å². The molecule has 1 unspecified atom stereocenters. The fourth-order valence-electron chi connectivity index (χ4n) is 3.88. The molecule has 0 saturated heterocycles. The van der Waals surface area contributed by atoms with Crippen molar-refractivity contribution in [1.29, 1.82) is 0 Å². The number of carbonyl (C=O) groups excluding carboxylic acids is 1. The first-order valence-electron chi connectivity index (χ1n) is 8.85. The van der Waals surface area contributed by atoms with Gasteiger partial charge in [-0.15, -0.1) is 0 Å². The standard InChI is InChI=1S/C19H23N3O2/c23-17-10-11-22(12-13-6-4-5-7-14(13)17)19(24)18-15-8-2-1-3-9-16(15)20-21-18/h4-7,17,23H,1-3,8-12H2,(H,20,21). The van der Waals surface area contributed by atoms with Crippen molar-refractivity contribution < 1.29 is 9.90 Å². The van der Waals surface area contributed by atoms with Crippen molar-refractivity contribution in [2.75, 3.05) is 6.54 Å². The molecule has 126 valence electrons. The molecule has 5 nitrogen and oxygen atoms in total. The van der Waals surface area contributed by atoms with Gasteiger partial charge >= 0.3 is 0 Å². The van der Waals surface area contributed by atoms with Gasteiger partial charge in [0.05, 0.1) is 6.10 Å². The van der Waals surface area contributed by atoms with E-state index in [2.05, 4.69) is 10.2 Å². The van der Waals surface area contributed by atoms with Crippen LogP contribution in [0.1, 0.15) is 64.7 Å². The van der Waals surface area contributed by atoms with Gasteiger partial charge in [0.2, 0.25) is 0 Å². The van der Waals surface area contributed by atoms with Gasteiger partial charge in [0, 0.05) is 24.3 Å². The Labute approximate surface area is 141 Å². The number of H-pyrrole nitrogens is 1. The van der Waals surface area contributed by atoms with Crippen molar-refractivity contribution in [1.82, 2.24) is 15.1 Å². The topological polar surface area (TPSA) is 69.2 Å². The molecule has 24 heavy (non-hydrogen) atoms. The van der Waals surface area contributed by atoms with Crippen LogP contribution in [0, 0.1) is 0 Å². The third kappa shape index (κ3) is 2.73. The Hall–Kier alpha value is -2.14. The summed E-state index contributed by atoms with van der Waals surface area (Å²) in [7, 11) is 0. The maximum Gasteiger partial charge on any atom is 0.274 e. The number of aromatic amines is 1. The number of nitrogens with zero attached hydrogens (tertiary/aromatic N) is 2. The van der Waals surface area contributed by atoms with Crippen LogP contribution < -0.4 is 0 Å². The van der Waals surface area contributed by atoms with Gasteiger partial charge in [-0.25, -0.2) is 0 Å². The average Bonchev–Trinajstić information content (AvgIpc) is 2.77. The Bertz CT molecular complexity index is 753. The fourth-order valence-corrected chi connectivity index (χ4v) is 3.88. The number of aliphatic hydroxyl groups excluding tert-OH is 1. The maximum absolute atomic E-state index is 13.1. The summed E-state index contributed by atoms with van der Waals surface area (Å²) in [5, 5.41) is 17.8. The molecule has 0 saturated carbocycles. The van der Waals surface area contributed by atoms with Crippen LogP contribution in [0.25, 0.3) is 0 Å². The van der Waals surface area contributed by atoms with E-state index in [-0.39, 0.29) is 5.91 Å². The summed E-state index contributed by atoms with van der Waals surface area (Å²) in [4.78, 5) is 14.9. The summed E-state index contributed by atoms with van der Waals surface area (Å²) >= 11 is 0. The number of hydrogen-bond acceptors (Lipinski definition) is 3. The van der Waals surface area contributed by atoms with Gasteiger partial charge in [-0.1, -0.05) is 30.7 Å². The zero-order valence-corrected chi connectivity index (χ0v) is 13.8. The van der Waals surface area contributed by atoms with Crippen molar-refractivity contribution in [3.8, 4) is 0 Å².